The minimum absolute atomic E-state index is 0.197. The number of rotatable bonds is 3. The summed E-state index contributed by atoms with van der Waals surface area (Å²) in [5.74, 6) is -0.463. The average Bonchev–Trinajstić information content (AvgIpc) is 2.98. The molecule has 0 aliphatic carbocycles. The van der Waals surface area contributed by atoms with Gasteiger partial charge < -0.3 is 14.1 Å². The molecule has 1 aromatic heterocycles. The van der Waals surface area contributed by atoms with Crippen molar-refractivity contribution < 1.29 is 13.9 Å². The second kappa shape index (κ2) is 5.47. The van der Waals surface area contributed by atoms with Crippen molar-refractivity contribution in [3.8, 4) is 0 Å². The third-order valence-electron chi connectivity index (χ3n) is 3.45. The van der Waals surface area contributed by atoms with Gasteiger partial charge in [-0.15, -0.1) is 0 Å². The molecule has 3 rings (SSSR count). The summed E-state index contributed by atoms with van der Waals surface area (Å²) >= 11 is 0. The number of ether oxygens (including phenoxy) is 1. The highest BCUT2D eigenvalue weighted by molar-refractivity contribution is 5.87. The molecular weight excluding hydrogens is 270 g/mol. The van der Waals surface area contributed by atoms with Crippen molar-refractivity contribution in [2.75, 3.05) is 36.5 Å². The van der Waals surface area contributed by atoms with Crippen molar-refractivity contribution in [3.05, 3.63) is 36.2 Å². The molecule has 0 saturated carbocycles. The minimum Gasteiger partial charge on any atom is -0.461 e. The zero-order valence-electron chi connectivity index (χ0n) is 12.1. The summed E-state index contributed by atoms with van der Waals surface area (Å²) in [6.07, 6.45) is 1.34. The number of benzene rings is 1. The minimum atomic E-state index is -0.463. The Kier molecular flexibility index (Phi) is 3.51. The van der Waals surface area contributed by atoms with Gasteiger partial charge in [0.05, 0.1) is 18.0 Å². The van der Waals surface area contributed by atoms with E-state index >= 15 is 0 Å². The fourth-order valence-electron chi connectivity index (χ4n) is 2.39. The van der Waals surface area contributed by atoms with E-state index in [-0.39, 0.29) is 5.69 Å². The van der Waals surface area contributed by atoms with Gasteiger partial charge in [0.2, 0.25) is 0 Å². The van der Waals surface area contributed by atoms with Crippen LogP contribution in [0.2, 0.25) is 0 Å². The van der Waals surface area contributed by atoms with E-state index in [0.29, 0.717) is 12.6 Å². The van der Waals surface area contributed by atoms with Crippen molar-refractivity contribution >= 4 is 23.4 Å². The number of nitrogens with zero attached hydrogens (tertiary/aromatic N) is 3. The molecule has 6 heteroatoms. The largest absolute Gasteiger partial charge is 0.461 e. The first-order chi connectivity index (χ1) is 10.2. The Morgan fingerprint density at radius 3 is 2.86 bits per heavy atom. The van der Waals surface area contributed by atoms with Crippen molar-refractivity contribution in [2.45, 2.75) is 6.92 Å². The van der Waals surface area contributed by atoms with E-state index in [1.807, 2.05) is 23.1 Å². The number of para-hydroxylation sites is 2. The Bertz CT molecular complexity index is 653. The van der Waals surface area contributed by atoms with Crippen LogP contribution in [-0.2, 0) is 4.74 Å². The van der Waals surface area contributed by atoms with Crippen LogP contribution in [0.1, 0.15) is 17.4 Å². The highest BCUT2D eigenvalue weighted by Gasteiger charge is 2.25. The van der Waals surface area contributed by atoms with Crippen molar-refractivity contribution in [3.63, 3.8) is 0 Å². The summed E-state index contributed by atoms with van der Waals surface area (Å²) in [6, 6.07) is 8.45. The first-order valence-corrected chi connectivity index (χ1v) is 6.91. The SMILES string of the molecule is CCOC(=O)c1coc(N2CCN(C)c3ccccc32)n1. The molecule has 0 spiro atoms. The number of aromatic nitrogens is 1. The van der Waals surface area contributed by atoms with Crippen molar-refractivity contribution in [1.29, 1.82) is 0 Å². The lowest BCUT2D eigenvalue weighted by Gasteiger charge is -2.34. The van der Waals surface area contributed by atoms with Gasteiger partial charge in [-0.05, 0) is 19.1 Å². The third kappa shape index (κ3) is 2.44. The molecule has 1 aliphatic heterocycles. The number of hydrogen-bond acceptors (Lipinski definition) is 6. The summed E-state index contributed by atoms with van der Waals surface area (Å²) in [5.41, 5.74) is 2.33. The van der Waals surface area contributed by atoms with Gasteiger partial charge >= 0.3 is 12.0 Å². The molecule has 0 atom stereocenters. The number of oxazole rings is 1. The monoisotopic (exact) mass is 287 g/mol. The second-order valence-corrected chi connectivity index (χ2v) is 4.80. The maximum absolute atomic E-state index is 11.7. The van der Waals surface area contributed by atoms with Crippen LogP contribution < -0.4 is 9.80 Å². The Hall–Kier alpha value is -2.50. The first-order valence-electron chi connectivity index (χ1n) is 6.91. The van der Waals surface area contributed by atoms with Crippen LogP contribution >= 0.6 is 0 Å². The molecule has 2 aromatic rings. The van der Waals surface area contributed by atoms with Gasteiger partial charge in [-0.1, -0.05) is 12.1 Å². The van der Waals surface area contributed by atoms with Gasteiger partial charge in [0, 0.05) is 20.1 Å². The number of anilines is 3. The Balaban J connectivity index is 1.92. The molecular formula is C15H17N3O3. The molecule has 110 valence electrons. The number of likely N-dealkylation sites (N-methyl/N-ethyl adjacent to an activating group) is 1. The molecule has 6 nitrogen and oxygen atoms in total. The molecule has 0 bridgehead atoms. The molecule has 1 aromatic carbocycles. The van der Waals surface area contributed by atoms with Crippen molar-refractivity contribution in [2.24, 2.45) is 0 Å². The van der Waals surface area contributed by atoms with E-state index in [0.717, 1.165) is 24.5 Å². The van der Waals surface area contributed by atoms with E-state index < -0.39 is 5.97 Å². The van der Waals surface area contributed by atoms with Crippen LogP contribution in [0.3, 0.4) is 0 Å². The fraction of sp³-hybridized carbons (Fsp3) is 0.333. The number of carbonyl (C=O) groups is 1. The second-order valence-electron chi connectivity index (χ2n) is 4.80. The lowest BCUT2D eigenvalue weighted by molar-refractivity contribution is 0.0519. The van der Waals surface area contributed by atoms with Gasteiger partial charge in [-0.2, -0.15) is 4.98 Å². The summed E-state index contributed by atoms with van der Waals surface area (Å²) < 4.78 is 10.4. The van der Waals surface area contributed by atoms with Crippen LogP contribution in [-0.4, -0.2) is 37.7 Å². The normalized spacial score (nSPS) is 14.0. The lowest BCUT2D eigenvalue weighted by atomic mass is 10.2. The molecule has 1 aliphatic rings. The zero-order chi connectivity index (χ0) is 14.8. The van der Waals surface area contributed by atoms with E-state index in [4.69, 9.17) is 9.15 Å². The highest BCUT2D eigenvalue weighted by Crippen LogP contribution is 2.36. The van der Waals surface area contributed by atoms with Crippen LogP contribution in [0.5, 0.6) is 0 Å². The highest BCUT2D eigenvalue weighted by atomic mass is 16.5. The first kappa shape index (κ1) is 13.5. The van der Waals surface area contributed by atoms with E-state index in [1.54, 1.807) is 6.92 Å². The Morgan fingerprint density at radius 1 is 1.33 bits per heavy atom. The van der Waals surface area contributed by atoms with Gasteiger partial charge in [-0.3, -0.25) is 4.90 Å². The molecule has 0 unspecified atom stereocenters. The molecule has 0 fully saturated rings. The Morgan fingerprint density at radius 2 is 2.10 bits per heavy atom. The smallest absolute Gasteiger partial charge is 0.360 e. The van der Waals surface area contributed by atoms with Crippen molar-refractivity contribution in [1.82, 2.24) is 4.98 Å². The molecule has 0 N–H and O–H groups in total. The maximum Gasteiger partial charge on any atom is 0.360 e. The van der Waals surface area contributed by atoms with Gasteiger partial charge in [0.1, 0.15) is 6.26 Å². The predicted octanol–water partition coefficient (Wildman–Crippen LogP) is 2.44. The number of esters is 1. The quantitative estimate of drug-likeness (QED) is 0.808. The molecule has 0 radical (unpaired) electrons. The van der Waals surface area contributed by atoms with Gasteiger partial charge in [0.15, 0.2) is 5.69 Å². The predicted molar refractivity (Wildman–Crippen MR) is 79.2 cm³/mol. The van der Waals surface area contributed by atoms with Gasteiger partial charge in [0.25, 0.3) is 0 Å². The summed E-state index contributed by atoms with van der Waals surface area (Å²) in [5, 5.41) is 0. The summed E-state index contributed by atoms with van der Waals surface area (Å²) in [4.78, 5) is 20.1. The topological polar surface area (TPSA) is 58.8 Å². The molecule has 2 heterocycles. The van der Waals surface area contributed by atoms with Crippen LogP contribution in [0, 0.1) is 0 Å². The molecule has 0 saturated heterocycles. The van der Waals surface area contributed by atoms with Crippen LogP contribution in [0.4, 0.5) is 17.4 Å². The fourth-order valence-corrected chi connectivity index (χ4v) is 2.39. The van der Waals surface area contributed by atoms with Crippen LogP contribution in [0.25, 0.3) is 0 Å². The van der Waals surface area contributed by atoms with E-state index in [2.05, 4.69) is 23.0 Å². The van der Waals surface area contributed by atoms with E-state index in [9.17, 15) is 4.79 Å². The number of carbonyl (C=O) groups excluding carboxylic acids is 1. The van der Waals surface area contributed by atoms with E-state index in [1.165, 1.54) is 6.26 Å². The van der Waals surface area contributed by atoms with Crippen LogP contribution in [0.15, 0.2) is 34.9 Å². The standard InChI is InChI=1S/C15H17N3O3/c1-3-20-14(19)11-10-21-15(16-11)18-9-8-17(2)12-6-4-5-7-13(12)18/h4-7,10H,3,8-9H2,1-2H3. The maximum atomic E-state index is 11.7. The average molecular weight is 287 g/mol. The number of hydrogen-bond donors (Lipinski definition) is 0. The van der Waals surface area contributed by atoms with Gasteiger partial charge in [-0.25, -0.2) is 4.79 Å². The summed E-state index contributed by atoms with van der Waals surface area (Å²) in [6.45, 7) is 3.68. The molecule has 0 amide bonds. The zero-order valence-corrected chi connectivity index (χ0v) is 12.1. The molecule has 21 heavy (non-hydrogen) atoms. The Labute approximate surface area is 122 Å². The summed E-state index contributed by atoms with van der Waals surface area (Å²) in [7, 11) is 2.05. The third-order valence-corrected chi connectivity index (χ3v) is 3.45. The number of fused-ring (bicyclic) bond motifs is 1. The lowest BCUT2D eigenvalue weighted by Crippen LogP contribution is -2.36.